The average Bonchev–Trinajstić information content (AvgIpc) is 1.64. The number of terminal acetylenes is 1. The van der Waals surface area contributed by atoms with Gasteiger partial charge in [-0.2, -0.15) is 0 Å². The number of pyridine rings is 4. The monoisotopic (exact) mass is 1880 g/mol. The molecule has 12 aromatic rings. The predicted octanol–water partition coefficient (Wildman–Crippen LogP) is 18.0. The summed E-state index contributed by atoms with van der Waals surface area (Å²) in [6.45, 7) is 19.4. The molecule has 0 atom stereocenters. The quantitative estimate of drug-likeness (QED) is 0.0249. The molecule has 4 fully saturated rings. The van der Waals surface area contributed by atoms with Gasteiger partial charge in [0.05, 0.1) is 172 Å². The van der Waals surface area contributed by atoms with Gasteiger partial charge < -0.3 is 101 Å². The summed E-state index contributed by atoms with van der Waals surface area (Å²) in [6, 6.07) is 22.7. The number of ether oxygens (including phenoxy) is 8. The Hall–Kier alpha value is -9.27. The number of halogens is 6. The van der Waals surface area contributed by atoms with Crippen molar-refractivity contribution in [3.63, 3.8) is 0 Å². The number of aliphatic hydroxyl groups excluding tert-OH is 4. The molecule has 0 amide bonds. The molecule has 674 valence electrons. The number of aryl methyl sites for hydroxylation is 2. The Morgan fingerprint density at radius 2 is 0.714 bits per heavy atom. The van der Waals surface area contributed by atoms with Gasteiger partial charge in [0.2, 0.25) is 0 Å². The molecular weight excluding hydrogens is 1770 g/mol. The number of benzene rings is 4. The third-order valence-corrected chi connectivity index (χ3v) is 23.8. The third-order valence-electron chi connectivity index (χ3n) is 22.0. The van der Waals surface area contributed by atoms with Crippen LogP contribution in [0.2, 0.25) is 20.1 Å². The van der Waals surface area contributed by atoms with Gasteiger partial charge in [-0.05, 0) is 149 Å². The maximum atomic E-state index is 9.89. The van der Waals surface area contributed by atoms with Crippen LogP contribution in [0, 0.1) is 24.2 Å². The molecule has 0 spiro atoms. The van der Waals surface area contributed by atoms with Crippen LogP contribution >= 0.6 is 74.7 Å². The lowest BCUT2D eigenvalue weighted by Crippen LogP contribution is -2.36. The number of aromatic nitrogens is 8. The van der Waals surface area contributed by atoms with Gasteiger partial charge in [0.1, 0.15) is 45.6 Å². The summed E-state index contributed by atoms with van der Waals surface area (Å²) >= 11 is 29.0. The highest BCUT2D eigenvalue weighted by Crippen LogP contribution is 2.41. The number of imidazole rings is 4. The second-order valence-electron chi connectivity index (χ2n) is 30.3. The molecule has 0 saturated carbocycles. The molecule has 6 N–H and O–H groups in total. The van der Waals surface area contributed by atoms with E-state index in [1.807, 2.05) is 52.0 Å². The first-order valence-corrected chi connectivity index (χ1v) is 44.8. The molecule has 0 unspecified atom stereocenters. The van der Waals surface area contributed by atoms with Crippen LogP contribution in [-0.4, -0.2) is 198 Å². The number of unbranched alkanes of at least 4 members (excludes halogenated alkanes) is 5. The highest BCUT2D eigenvalue weighted by Gasteiger charge is 2.26. The molecule has 16 rings (SSSR count). The first-order valence-electron chi connectivity index (χ1n) is 42.5. The molecular formula is C95H115BrCl5N13O12. The maximum absolute atomic E-state index is 9.89. The zero-order valence-electron chi connectivity index (χ0n) is 72.5. The van der Waals surface area contributed by atoms with Gasteiger partial charge in [-0.1, -0.05) is 91.9 Å². The summed E-state index contributed by atoms with van der Waals surface area (Å²) in [5.41, 5.74) is 26.4. The number of aliphatic hydroxyl groups is 4. The molecule has 8 aromatic heterocycles. The number of nitrogens with two attached hydrogens (primary N) is 1. The van der Waals surface area contributed by atoms with E-state index in [1.165, 1.54) is 41.8 Å². The van der Waals surface area contributed by atoms with Crippen molar-refractivity contribution in [2.75, 3.05) is 160 Å². The molecule has 12 heterocycles. The van der Waals surface area contributed by atoms with Crippen molar-refractivity contribution in [3.8, 4) is 92.2 Å². The highest BCUT2D eigenvalue weighted by atomic mass is 79.9. The van der Waals surface area contributed by atoms with Crippen LogP contribution in [0.15, 0.2) is 127 Å². The lowest BCUT2D eigenvalue weighted by molar-refractivity contribution is 0.122. The Kier molecular flexibility index (Phi) is 37.3. The summed E-state index contributed by atoms with van der Waals surface area (Å²) in [5, 5.41) is 41.4. The zero-order valence-corrected chi connectivity index (χ0v) is 78.0. The van der Waals surface area contributed by atoms with Crippen LogP contribution in [0.4, 0.5) is 22.7 Å². The van der Waals surface area contributed by atoms with Gasteiger partial charge in [-0.25, -0.2) is 19.9 Å². The van der Waals surface area contributed by atoms with Crippen LogP contribution in [0.25, 0.3) is 67.6 Å². The second-order valence-corrected chi connectivity index (χ2v) is 32.8. The van der Waals surface area contributed by atoms with E-state index in [4.69, 9.17) is 116 Å². The van der Waals surface area contributed by atoms with Gasteiger partial charge in [0.25, 0.3) is 0 Å². The molecule has 25 nitrogen and oxygen atoms in total. The largest absolute Gasteiger partial charge is 0.495 e. The van der Waals surface area contributed by atoms with E-state index in [9.17, 15) is 20.4 Å². The van der Waals surface area contributed by atoms with Crippen LogP contribution in [0.5, 0.6) is 23.0 Å². The number of methoxy groups -OCH3 is 4. The van der Waals surface area contributed by atoms with Gasteiger partial charge in [0, 0.05) is 174 Å². The second kappa shape index (κ2) is 48.2. The van der Waals surface area contributed by atoms with E-state index in [1.54, 1.807) is 70.9 Å². The Morgan fingerprint density at radius 3 is 1.02 bits per heavy atom. The van der Waals surface area contributed by atoms with Crippen molar-refractivity contribution in [1.82, 2.24) is 37.5 Å². The Balaban J connectivity index is 0.000000173. The number of nitrogens with zero attached hydrogens (tertiary/aromatic N) is 12. The normalized spacial score (nSPS) is 13.9. The minimum Gasteiger partial charge on any atom is -0.495 e. The van der Waals surface area contributed by atoms with E-state index in [0.717, 1.165) is 244 Å². The van der Waals surface area contributed by atoms with Crippen molar-refractivity contribution >= 4 is 120 Å². The van der Waals surface area contributed by atoms with Crippen LogP contribution < -0.4 is 44.3 Å². The van der Waals surface area contributed by atoms with E-state index in [-0.39, 0.29) is 40.3 Å². The Bertz CT molecular complexity index is 5570. The maximum Gasteiger partial charge on any atom is 0.139 e. The third kappa shape index (κ3) is 24.2. The number of fused-ring (bicyclic) bond motifs is 4. The molecule has 126 heavy (non-hydrogen) atoms. The fourth-order valence-electron chi connectivity index (χ4n) is 15.4. The standard InChI is InChI=1S/C24H30ClN3O3.C24H26ClN3O3.C23H29ClN4O3.C19H19BrClN3O3.C5H8.ClH.H2/c2*1-3-4-5-6-17-14-28-15-21(19-12-20(25)23(30-2)11-18(19)16-29)26-24(28)13-22(17)27-7-9-31-10-8-27;1-30-22-10-17(15-29)18(11-19(22)24)20-14-28-13-16(4-2-3-5-25)21(12-23(28)26-20)27-6-8-31-9-7-27;1-26-18-6-12(11-25)13(7-15(18)21)16-10-24-9-14(20)17(8-19(24)22-16)23-2-4-27-5-3-23;1-3-5-4-2;;/h11-15,29H,3-10,16H2,1-2H3;11-15,29H,3-4,7-10,16H2,1-2H3;10-14,29H,2-9,15,25H2,1H3;6-10,25H,2-5,11H2,1H3;1H,4-5H2,2H3;2*1H. The minimum atomic E-state index is -0.135. The van der Waals surface area contributed by atoms with Gasteiger partial charge in [-0.15, -0.1) is 24.8 Å². The van der Waals surface area contributed by atoms with E-state index >= 15 is 0 Å². The topological polar surface area (TPSA) is 263 Å². The summed E-state index contributed by atoms with van der Waals surface area (Å²) in [6.07, 6.45) is 32.7. The number of hydrogen-bond donors (Lipinski definition) is 5. The molecule has 4 saturated heterocycles. The predicted molar refractivity (Wildman–Crippen MR) is 512 cm³/mol. The highest BCUT2D eigenvalue weighted by molar-refractivity contribution is 9.10. The summed E-state index contributed by atoms with van der Waals surface area (Å²) < 4.78 is 52.2. The van der Waals surface area contributed by atoms with Gasteiger partial charge >= 0.3 is 0 Å². The fourth-order valence-corrected chi connectivity index (χ4v) is 17.0. The molecule has 4 aliphatic rings. The molecule has 0 aliphatic carbocycles. The van der Waals surface area contributed by atoms with Gasteiger partial charge in [-0.3, -0.25) is 0 Å². The van der Waals surface area contributed by atoms with Crippen LogP contribution in [0.1, 0.15) is 119 Å². The summed E-state index contributed by atoms with van der Waals surface area (Å²) in [5.74, 6) is 11.3. The van der Waals surface area contributed by atoms with E-state index < -0.39 is 0 Å². The van der Waals surface area contributed by atoms with Crippen molar-refractivity contribution in [2.45, 2.75) is 118 Å². The smallest absolute Gasteiger partial charge is 0.139 e. The Labute approximate surface area is 773 Å². The molecule has 0 radical (unpaired) electrons. The van der Waals surface area contributed by atoms with Crippen molar-refractivity contribution in [1.29, 1.82) is 0 Å². The number of rotatable bonds is 26. The molecule has 0 bridgehead atoms. The average molecular weight is 1890 g/mol. The number of anilines is 4. The lowest BCUT2D eigenvalue weighted by atomic mass is 10.1. The minimum absolute atomic E-state index is 0. The lowest BCUT2D eigenvalue weighted by Gasteiger charge is -2.30. The van der Waals surface area contributed by atoms with Crippen molar-refractivity contribution in [3.05, 3.63) is 186 Å². The zero-order chi connectivity index (χ0) is 88.5. The fraction of sp³-hybridized carbons (Fsp3) is 0.411. The van der Waals surface area contributed by atoms with E-state index in [2.05, 4.69) is 120 Å². The van der Waals surface area contributed by atoms with E-state index in [0.29, 0.717) is 74.0 Å². The molecule has 4 aromatic carbocycles. The first-order chi connectivity index (χ1) is 60.9. The number of morpholine rings is 4. The SMILES string of the molecule is C#CCCC.CCCC#Cc1cn2cc(-c3cc(Cl)c(OC)cc3CO)nc2cc1N1CCOCC1.CCCCCc1cn2cc(-c3cc(Cl)c(OC)cc3CO)nc2cc1N1CCOCC1.COc1cc(CO)c(-c2cn3cc(Br)c(N4CCOCC4)cc3n2)cc1Cl.COc1cc(CO)c(-c2cn3cc(CCCCN)c(N4CCOCC4)cc3n2)cc1Cl.Cl.[HH]. The van der Waals surface area contributed by atoms with Crippen molar-refractivity contribution < 1.29 is 59.7 Å². The molecule has 4 aliphatic heterocycles. The Morgan fingerprint density at radius 1 is 0.405 bits per heavy atom. The summed E-state index contributed by atoms with van der Waals surface area (Å²) in [7, 11) is 6.24. The first kappa shape index (κ1) is 97.3. The van der Waals surface area contributed by atoms with Crippen LogP contribution in [0.3, 0.4) is 0 Å². The number of hydrogen-bond acceptors (Lipinski definition) is 21. The van der Waals surface area contributed by atoms with Gasteiger partial charge in [0.15, 0.2) is 0 Å². The summed E-state index contributed by atoms with van der Waals surface area (Å²) in [4.78, 5) is 28.7. The molecule has 31 heteroatoms. The van der Waals surface area contributed by atoms with Crippen LogP contribution in [-0.2, 0) is 58.2 Å². The van der Waals surface area contributed by atoms with Crippen molar-refractivity contribution in [2.24, 2.45) is 5.73 Å².